The zero-order valence-electron chi connectivity index (χ0n) is 12.5. The van der Waals surface area contributed by atoms with E-state index in [9.17, 15) is 0 Å². The third-order valence-corrected chi connectivity index (χ3v) is 4.18. The topological polar surface area (TPSA) is 49.3 Å². The Morgan fingerprint density at radius 3 is 2.86 bits per heavy atom. The number of nitrogens with zero attached hydrogens (tertiary/aromatic N) is 2. The quantitative estimate of drug-likeness (QED) is 0.637. The van der Waals surface area contributed by atoms with Crippen LogP contribution < -0.4 is 10.6 Å². The second-order valence-corrected chi connectivity index (χ2v) is 5.79. The number of hydrogen-bond acceptors (Lipinski definition) is 3. The van der Waals surface area contributed by atoms with E-state index < -0.39 is 0 Å². The summed E-state index contributed by atoms with van der Waals surface area (Å²) in [7, 11) is 0. The van der Waals surface area contributed by atoms with Gasteiger partial charge in [0, 0.05) is 30.1 Å². The molecule has 0 saturated heterocycles. The molecule has 4 nitrogen and oxygen atoms in total. The zero-order chi connectivity index (χ0) is 14.9. The fraction of sp³-hybridized carbons (Fsp3) is 0.375. The summed E-state index contributed by atoms with van der Waals surface area (Å²) in [6, 6.07) is 10.2. The molecule has 112 valence electrons. The number of nitrogens with one attached hydrogen (secondary N) is 2. The number of hydrogen-bond donors (Lipinski definition) is 2. The van der Waals surface area contributed by atoms with E-state index in [1.165, 1.54) is 4.88 Å². The number of aliphatic imine (C=N–C) groups is 1. The van der Waals surface area contributed by atoms with Gasteiger partial charge in [0.05, 0.1) is 12.2 Å². The minimum Gasteiger partial charge on any atom is -0.357 e. The fourth-order valence-electron chi connectivity index (χ4n) is 1.92. The van der Waals surface area contributed by atoms with Crippen LogP contribution >= 0.6 is 11.3 Å². The minimum atomic E-state index is 0.476. The lowest BCUT2D eigenvalue weighted by Gasteiger charge is -2.14. The third-order valence-electron chi connectivity index (χ3n) is 3.07. The Bertz CT molecular complexity index is 537. The van der Waals surface area contributed by atoms with E-state index in [1.807, 2.05) is 18.2 Å². The van der Waals surface area contributed by atoms with Crippen LogP contribution in [0.15, 0.2) is 46.9 Å². The summed E-state index contributed by atoms with van der Waals surface area (Å²) in [5.74, 6) is 1.32. The van der Waals surface area contributed by atoms with Gasteiger partial charge in [-0.05, 0) is 30.5 Å². The standard InChI is InChI=1S/C16H22N4S/c1-3-17-16(20-12-14-7-4-5-9-18-14)19-11-13(2)15-8-6-10-21-15/h4-10,13H,3,11-12H2,1-2H3,(H2,17,19,20). The Morgan fingerprint density at radius 2 is 2.19 bits per heavy atom. The summed E-state index contributed by atoms with van der Waals surface area (Å²) in [6.45, 7) is 6.60. The molecule has 0 aliphatic rings. The molecule has 2 aromatic heterocycles. The fourth-order valence-corrected chi connectivity index (χ4v) is 2.70. The molecule has 0 spiro atoms. The van der Waals surface area contributed by atoms with Gasteiger partial charge in [0.2, 0.25) is 0 Å². The molecule has 0 bridgehead atoms. The van der Waals surface area contributed by atoms with Crippen molar-refractivity contribution >= 4 is 17.3 Å². The van der Waals surface area contributed by atoms with Crippen molar-refractivity contribution in [2.24, 2.45) is 4.99 Å². The van der Waals surface area contributed by atoms with Crippen molar-refractivity contribution in [2.45, 2.75) is 26.3 Å². The molecule has 2 N–H and O–H groups in total. The van der Waals surface area contributed by atoms with Crippen LogP contribution in [-0.2, 0) is 6.54 Å². The predicted molar refractivity (Wildman–Crippen MR) is 89.8 cm³/mol. The van der Waals surface area contributed by atoms with Crippen molar-refractivity contribution in [2.75, 3.05) is 13.1 Å². The molecule has 5 heteroatoms. The van der Waals surface area contributed by atoms with Gasteiger partial charge in [0.25, 0.3) is 0 Å². The van der Waals surface area contributed by atoms with Crippen LogP contribution in [0.1, 0.15) is 30.3 Å². The minimum absolute atomic E-state index is 0.476. The summed E-state index contributed by atoms with van der Waals surface area (Å²) < 4.78 is 0. The van der Waals surface area contributed by atoms with E-state index in [0.717, 1.165) is 24.7 Å². The highest BCUT2D eigenvalue weighted by molar-refractivity contribution is 7.10. The van der Waals surface area contributed by atoms with Crippen LogP contribution in [0.2, 0.25) is 0 Å². The van der Waals surface area contributed by atoms with Crippen molar-refractivity contribution in [1.82, 2.24) is 15.6 Å². The average Bonchev–Trinajstić information content (AvgIpc) is 3.05. The third kappa shape index (κ3) is 5.19. The van der Waals surface area contributed by atoms with Gasteiger partial charge < -0.3 is 10.6 Å². The summed E-state index contributed by atoms with van der Waals surface area (Å²) in [4.78, 5) is 10.2. The number of pyridine rings is 1. The SMILES string of the molecule is CCNC(=NCc1ccccn1)NCC(C)c1cccs1. The highest BCUT2D eigenvalue weighted by Gasteiger charge is 2.07. The first-order valence-corrected chi connectivity index (χ1v) is 8.13. The number of rotatable bonds is 6. The molecule has 0 radical (unpaired) electrons. The molecule has 2 rings (SSSR count). The lowest BCUT2D eigenvalue weighted by molar-refractivity contribution is 0.708. The first-order valence-electron chi connectivity index (χ1n) is 7.25. The van der Waals surface area contributed by atoms with Crippen molar-refractivity contribution in [1.29, 1.82) is 0 Å². The molecule has 0 aliphatic carbocycles. The zero-order valence-corrected chi connectivity index (χ0v) is 13.4. The van der Waals surface area contributed by atoms with Crippen molar-refractivity contribution in [3.63, 3.8) is 0 Å². The van der Waals surface area contributed by atoms with Gasteiger partial charge in [0.15, 0.2) is 5.96 Å². The highest BCUT2D eigenvalue weighted by Crippen LogP contribution is 2.19. The van der Waals surface area contributed by atoms with E-state index in [1.54, 1.807) is 17.5 Å². The molecule has 21 heavy (non-hydrogen) atoms. The maximum absolute atomic E-state index is 4.57. The van der Waals surface area contributed by atoms with Crippen LogP contribution in [0, 0.1) is 0 Å². The maximum Gasteiger partial charge on any atom is 0.191 e. The van der Waals surface area contributed by atoms with Crippen LogP contribution in [0.25, 0.3) is 0 Å². The number of aromatic nitrogens is 1. The highest BCUT2D eigenvalue weighted by atomic mass is 32.1. The summed E-state index contributed by atoms with van der Waals surface area (Å²) in [5, 5.41) is 8.78. The second-order valence-electron chi connectivity index (χ2n) is 4.81. The van der Waals surface area contributed by atoms with E-state index in [-0.39, 0.29) is 0 Å². The van der Waals surface area contributed by atoms with Crippen LogP contribution in [0.5, 0.6) is 0 Å². The van der Waals surface area contributed by atoms with Gasteiger partial charge in [-0.2, -0.15) is 0 Å². The first kappa shape index (κ1) is 15.5. The lowest BCUT2D eigenvalue weighted by Crippen LogP contribution is -2.39. The Labute approximate surface area is 130 Å². The Balaban J connectivity index is 1.89. The van der Waals surface area contributed by atoms with Crippen molar-refractivity contribution in [3.8, 4) is 0 Å². The Hall–Kier alpha value is -1.88. The first-order chi connectivity index (χ1) is 10.3. The van der Waals surface area contributed by atoms with Gasteiger partial charge in [-0.15, -0.1) is 11.3 Å². The van der Waals surface area contributed by atoms with Gasteiger partial charge in [-0.3, -0.25) is 4.98 Å². The van der Waals surface area contributed by atoms with Gasteiger partial charge in [-0.1, -0.05) is 19.1 Å². The summed E-state index contributed by atoms with van der Waals surface area (Å²) in [6.07, 6.45) is 1.80. The van der Waals surface area contributed by atoms with E-state index in [0.29, 0.717) is 12.5 Å². The number of guanidine groups is 1. The maximum atomic E-state index is 4.57. The van der Waals surface area contributed by atoms with E-state index in [4.69, 9.17) is 0 Å². The molecular weight excluding hydrogens is 280 g/mol. The Kier molecular flexibility index (Phi) is 6.22. The molecule has 0 aliphatic heterocycles. The summed E-state index contributed by atoms with van der Waals surface area (Å²) in [5.41, 5.74) is 0.973. The largest absolute Gasteiger partial charge is 0.357 e. The lowest BCUT2D eigenvalue weighted by atomic mass is 10.1. The van der Waals surface area contributed by atoms with Crippen LogP contribution in [0.4, 0.5) is 0 Å². The van der Waals surface area contributed by atoms with Gasteiger partial charge in [0.1, 0.15) is 0 Å². The van der Waals surface area contributed by atoms with Crippen molar-refractivity contribution < 1.29 is 0 Å². The molecule has 2 aromatic rings. The monoisotopic (exact) mass is 302 g/mol. The molecular formula is C16H22N4S. The van der Waals surface area contributed by atoms with Gasteiger partial charge >= 0.3 is 0 Å². The normalized spacial score (nSPS) is 13.0. The Morgan fingerprint density at radius 1 is 1.29 bits per heavy atom. The van der Waals surface area contributed by atoms with Crippen LogP contribution in [0.3, 0.4) is 0 Å². The predicted octanol–water partition coefficient (Wildman–Crippen LogP) is 3.00. The molecule has 0 aromatic carbocycles. The molecule has 0 saturated carbocycles. The molecule has 2 heterocycles. The molecule has 1 unspecified atom stereocenters. The van der Waals surface area contributed by atoms with E-state index >= 15 is 0 Å². The molecule has 0 amide bonds. The smallest absolute Gasteiger partial charge is 0.191 e. The van der Waals surface area contributed by atoms with Gasteiger partial charge in [-0.25, -0.2) is 4.99 Å². The van der Waals surface area contributed by atoms with Crippen molar-refractivity contribution in [3.05, 3.63) is 52.5 Å². The summed E-state index contributed by atoms with van der Waals surface area (Å²) >= 11 is 1.80. The second kappa shape index (κ2) is 8.42. The molecule has 0 fully saturated rings. The van der Waals surface area contributed by atoms with E-state index in [2.05, 4.69) is 52.0 Å². The average molecular weight is 302 g/mol. The van der Waals surface area contributed by atoms with Crippen LogP contribution in [-0.4, -0.2) is 24.0 Å². The number of thiophene rings is 1. The molecule has 1 atom stereocenters.